The van der Waals surface area contributed by atoms with Gasteiger partial charge in [0.25, 0.3) is 0 Å². The molecule has 19 heavy (non-hydrogen) atoms. The van der Waals surface area contributed by atoms with Crippen LogP contribution in [0.4, 0.5) is 0 Å². The van der Waals surface area contributed by atoms with Gasteiger partial charge in [0, 0.05) is 19.2 Å². The fourth-order valence-corrected chi connectivity index (χ4v) is 3.04. The van der Waals surface area contributed by atoms with Crippen LogP contribution in [0.2, 0.25) is 0 Å². The first-order valence-corrected chi connectivity index (χ1v) is 7.61. The lowest BCUT2D eigenvalue weighted by molar-refractivity contribution is 0.205. The number of hydrogen-bond donors (Lipinski definition) is 2. The van der Waals surface area contributed by atoms with E-state index in [1.807, 2.05) is 0 Å². The van der Waals surface area contributed by atoms with Crippen molar-refractivity contribution in [2.24, 2.45) is 11.8 Å². The van der Waals surface area contributed by atoms with Gasteiger partial charge in [-0.15, -0.1) is 0 Å². The summed E-state index contributed by atoms with van der Waals surface area (Å²) in [6.45, 7) is 5.75. The van der Waals surface area contributed by atoms with Gasteiger partial charge in [0.2, 0.25) is 0 Å². The van der Waals surface area contributed by atoms with Gasteiger partial charge < -0.3 is 10.4 Å². The van der Waals surface area contributed by atoms with Gasteiger partial charge in [-0.2, -0.15) is 0 Å². The molecule has 1 aromatic rings. The summed E-state index contributed by atoms with van der Waals surface area (Å²) in [5, 5.41) is 12.9. The van der Waals surface area contributed by atoms with Gasteiger partial charge >= 0.3 is 0 Å². The molecule has 2 rings (SSSR count). The van der Waals surface area contributed by atoms with Crippen LogP contribution < -0.4 is 5.32 Å². The molecule has 0 aromatic heterocycles. The summed E-state index contributed by atoms with van der Waals surface area (Å²) in [5.41, 5.74) is 2.77. The number of benzene rings is 1. The van der Waals surface area contributed by atoms with E-state index in [1.54, 1.807) is 0 Å². The molecule has 2 unspecified atom stereocenters. The third-order valence-electron chi connectivity index (χ3n) is 4.13. The molecule has 2 heteroatoms. The third kappa shape index (κ3) is 4.32. The van der Waals surface area contributed by atoms with Gasteiger partial charge in [0.1, 0.15) is 0 Å². The maximum absolute atomic E-state index is 9.31. The second-order valence-electron chi connectivity index (χ2n) is 6.28. The highest BCUT2D eigenvalue weighted by molar-refractivity contribution is 5.22. The number of hydrogen-bond acceptors (Lipinski definition) is 2. The standard InChI is InChI=1S/C17H27NO/c1-13(2)10-14-6-8-15(9-7-14)11-18-17-5-3-4-16(17)12-19/h6-9,13,16-19H,3-5,10-12H2,1-2H3. The zero-order valence-electron chi connectivity index (χ0n) is 12.2. The molecule has 0 bridgehead atoms. The Hall–Kier alpha value is -0.860. The van der Waals surface area contributed by atoms with Crippen LogP contribution in [0.25, 0.3) is 0 Å². The van der Waals surface area contributed by atoms with Crippen LogP contribution in [0.15, 0.2) is 24.3 Å². The molecule has 0 aliphatic heterocycles. The lowest BCUT2D eigenvalue weighted by atomic mass is 10.0. The van der Waals surface area contributed by atoms with Gasteiger partial charge in [0.15, 0.2) is 0 Å². The number of rotatable bonds is 6. The normalized spacial score (nSPS) is 23.2. The Kier molecular flexibility index (Phi) is 5.41. The van der Waals surface area contributed by atoms with E-state index in [4.69, 9.17) is 0 Å². The van der Waals surface area contributed by atoms with E-state index in [1.165, 1.54) is 30.4 Å². The first-order chi connectivity index (χ1) is 9.19. The molecule has 0 radical (unpaired) electrons. The molecule has 0 amide bonds. The number of aliphatic hydroxyl groups excluding tert-OH is 1. The van der Waals surface area contributed by atoms with Gasteiger partial charge in [-0.3, -0.25) is 0 Å². The van der Waals surface area contributed by atoms with E-state index in [0.717, 1.165) is 13.0 Å². The quantitative estimate of drug-likeness (QED) is 0.824. The van der Waals surface area contributed by atoms with E-state index in [9.17, 15) is 5.11 Å². The largest absolute Gasteiger partial charge is 0.396 e. The van der Waals surface area contributed by atoms with Gasteiger partial charge in [-0.1, -0.05) is 44.5 Å². The molecule has 0 saturated heterocycles. The van der Waals surface area contributed by atoms with Crippen LogP contribution in [0, 0.1) is 11.8 Å². The average molecular weight is 261 g/mol. The van der Waals surface area contributed by atoms with Crippen molar-refractivity contribution in [3.05, 3.63) is 35.4 Å². The predicted molar refractivity (Wildman–Crippen MR) is 80.0 cm³/mol. The van der Waals surface area contributed by atoms with Crippen molar-refractivity contribution >= 4 is 0 Å². The highest BCUT2D eigenvalue weighted by Gasteiger charge is 2.25. The van der Waals surface area contributed by atoms with Crippen LogP contribution in [-0.2, 0) is 13.0 Å². The Morgan fingerprint density at radius 1 is 1.16 bits per heavy atom. The molecule has 0 spiro atoms. The highest BCUT2D eigenvalue weighted by Crippen LogP contribution is 2.25. The van der Waals surface area contributed by atoms with Crippen molar-refractivity contribution in [1.29, 1.82) is 0 Å². The molecule has 1 aliphatic carbocycles. The van der Waals surface area contributed by atoms with Crippen molar-refractivity contribution < 1.29 is 5.11 Å². The molecular weight excluding hydrogens is 234 g/mol. The Morgan fingerprint density at radius 3 is 2.47 bits per heavy atom. The fraction of sp³-hybridized carbons (Fsp3) is 0.647. The molecule has 2 nitrogen and oxygen atoms in total. The Bertz CT molecular complexity index is 371. The van der Waals surface area contributed by atoms with E-state index in [2.05, 4.69) is 43.4 Å². The van der Waals surface area contributed by atoms with E-state index < -0.39 is 0 Å². The predicted octanol–water partition coefficient (Wildman–Crippen LogP) is 3.14. The topological polar surface area (TPSA) is 32.3 Å². The SMILES string of the molecule is CC(C)Cc1ccc(CNC2CCCC2CO)cc1. The maximum Gasteiger partial charge on any atom is 0.0474 e. The smallest absolute Gasteiger partial charge is 0.0474 e. The molecular formula is C17H27NO. The Morgan fingerprint density at radius 2 is 1.84 bits per heavy atom. The lowest BCUT2D eigenvalue weighted by Gasteiger charge is -2.19. The zero-order valence-corrected chi connectivity index (χ0v) is 12.2. The molecule has 0 heterocycles. The second-order valence-corrected chi connectivity index (χ2v) is 6.28. The maximum atomic E-state index is 9.31. The van der Waals surface area contributed by atoms with Gasteiger partial charge in [-0.25, -0.2) is 0 Å². The van der Waals surface area contributed by atoms with Crippen LogP contribution >= 0.6 is 0 Å². The fourth-order valence-electron chi connectivity index (χ4n) is 3.04. The Labute approximate surface area is 117 Å². The summed E-state index contributed by atoms with van der Waals surface area (Å²) in [7, 11) is 0. The van der Waals surface area contributed by atoms with E-state index in [0.29, 0.717) is 24.5 Å². The zero-order chi connectivity index (χ0) is 13.7. The minimum Gasteiger partial charge on any atom is -0.396 e. The first kappa shape index (κ1) is 14.5. The van der Waals surface area contributed by atoms with E-state index in [-0.39, 0.29) is 0 Å². The summed E-state index contributed by atoms with van der Waals surface area (Å²) >= 11 is 0. The molecule has 106 valence electrons. The Balaban J connectivity index is 1.82. The van der Waals surface area contributed by atoms with Crippen LogP contribution in [0.3, 0.4) is 0 Å². The second kappa shape index (κ2) is 7.06. The van der Waals surface area contributed by atoms with Crippen LogP contribution in [0.5, 0.6) is 0 Å². The monoisotopic (exact) mass is 261 g/mol. The molecule has 2 atom stereocenters. The minimum absolute atomic E-state index is 0.324. The highest BCUT2D eigenvalue weighted by atomic mass is 16.3. The van der Waals surface area contributed by atoms with Crippen LogP contribution in [0.1, 0.15) is 44.2 Å². The van der Waals surface area contributed by atoms with Crippen molar-refractivity contribution in [2.75, 3.05) is 6.61 Å². The van der Waals surface area contributed by atoms with Crippen LogP contribution in [-0.4, -0.2) is 17.8 Å². The van der Waals surface area contributed by atoms with Crippen molar-refractivity contribution in [3.8, 4) is 0 Å². The number of nitrogens with one attached hydrogen (secondary N) is 1. The third-order valence-corrected chi connectivity index (χ3v) is 4.13. The van der Waals surface area contributed by atoms with Crippen molar-refractivity contribution in [1.82, 2.24) is 5.32 Å². The minimum atomic E-state index is 0.324. The average Bonchev–Trinajstić information content (AvgIpc) is 2.84. The summed E-state index contributed by atoms with van der Waals surface area (Å²) in [6, 6.07) is 9.45. The molecule has 1 fully saturated rings. The van der Waals surface area contributed by atoms with Crippen molar-refractivity contribution in [3.63, 3.8) is 0 Å². The molecule has 1 saturated carbocycles. The first-order valence-electron chi connectivity index (χ1n) is 7.61. The van der Waals surface area contributed by atoms with Gasteiger partial charge in [0.05, 0.1) is 0 Å². The van der Waals surface area contributed by atoms with Gasteiger partial charge in [-0.05, 0) is 42.2 Å². The summed E-state index contributed by atoms with van der Waals surface area (Å²) in [4.78, 5) is 0. The summed E-state index contributed by atoms with van der Waals surface area (Å²) < 4.78 is 0. The molecule has 1 aromatic carbocycles. The number of aliphatic hydroxyl groups is 1. The molecule has 1 aliphatic rings. The van der Waals surface area contributed by atoms with E-state index >= 15 is 0 Å². The summed E-state index contributed by atoms with van der Waals surface area (Å²) in [5.74, 6) is 1.17. The lowest BCUT2D eigenvalue weighted by Crippen LogP contribution is -2.33. The summed E-state index contributed by atoms with van der Waals surface area (Å²) in [6.07, 6.45) is 4.78. The van der Waals surface area contributed by atoms with Crippen molar-refractivity contribution in [2.45, 2.75) is 52.1 Å². The molecule has 2 N–H and O–H groups in total.